The Morgan fingerprint density at radius 1 is 0.962 bits per heavy atom. The molecule has 26 heavy (non-hydrogen) atoms. The lowest BCUT2D eigenvalue weighted by molar-refractivity contribution is -0.165. The van der Waals surface area contributed by atoms with Crippen LogP contribution in [0.4, 0.5) is 0 Å². The summed E-state index contributed by atoms with van der Waals surface area (Å²) in [7, 11) is 0. The van der Waals surface area contributed by atoms with E-state index in [4.69, 9.17) is 14.2 Å². The van der Waals surface area contributed by atoms with E-state index in [1.54, 1.807) is 0 Å². The van der Waals surface area contributed by atoms with Gasteiger partial charge in [0.15, 0.2) is 5.79 Å². The number of rotatable bonds is 6. The Balaban J connectivity index is 1.43. The van der Waals surface area contributed by atoms with Gasteiger partial charge in [0.1, 0.15) is 12.2 Å². The maximum absolute atomic E-state index is 6.21. The molecule has 0 aromatic heterocycles. The van der Waals surface area contributed by atoms with Crippen LogP contribution in [0.1, 0.15) is 25.0 Å². The van der Waals surface area contributed by atoms with Gasteiger partial charge in [-0.1, -0.05) is 60.7 Å². The zero-order valence-corrected chi connectivity index (χ0v) is 15.5. The van der Waals surface area contributed by atoms with Gasteiger partial charge in [-0.3, -0.25) is 4.90 Å². The smallest absolute Gasteiger partial charge is 0.163 e. The van der Waals surface area contributed by atoms with Gasteiger partial charge < -0.3 is 14.2 Å². The molecule has 0 radical (unpaired) electrons. The SMILES string of the molecule is CC1(C)O[C@H]2[C@H](CN(Cc3ccccc3)[C@H]2COCc2ccccc2)O1. The second-order valence-electron chi connectivity index (χ2n) is 7.62. The highest BCUT2D eigenvalue weighted by atomic mass is 16.8. The fourth-order valence-electron chi connectivity index (χ4n) is 3.98. The summed E-state index contributed by atoms with van der Waals surface area (Å²) in [6, 6.07) is 21.1. The number of fused-ring (bicyclic) bond motifs is 1. The Morgan fingerprint density at radius 3 is 2.31 bits per heavy atom. The molecule has 2 aliphatic rings. The summed E-state index contributed by atoms with van der Waals surface area (Å²) < 4.78 is 18.4. The Hall–Kier alpha value is -1.72. The fraction of sp³-hybridized carbons (Fsp3) is 0.455. The lowest BCUT2D eigenvalue weighted by Crippen LogP contribution is -2.41. The molecule has 0 spiro atoms. The second-order valence-corrected chi connectivity index (χ2v) is 7.62. The summed E-state index contributed by atoms with van der Waals surface area (Å²) in [4.78, 5) is 2.44. The largest absolute Gasteiger partial charge is 0.375 e. The minimum absolute atomic E-state index is 0.0597. The molecule has 2 aromatic rings. The topological polar surface area (TPSA) is 30.9 Å². The molecule has 0 amide bonds. The van der Waals surface area contributed by atoms with Crippen LogP contribution in [0.3, 0.4) is 0 Å². The Kier molecular flexibility index (Phi) is 5.09. The second kappa shape index (κ2) is 7.49. The summed E-state index contributed by atoms with van der Waals surface area (Å²) in [5.41, 5.74) is 2.50. The van der Waals surface area contributed by atoms with E-state index in [1.165, 1.54) is 11.1 Å². The van der Waals surface area contributed by atoms with Gasteiger partial charge in [-0.05, 0) is 25.0 Å². The first-order valence-electron chi connectivity index (χ1n) is 9.36. The first-order valence-corrected chi connectivity index (χ1v) is 9.36. The van der Waals surface area contributed by atoms with Crippen molar-refractivity contribution in [2.45, 2.75) is 51.0 Å². The van der Waals surface area contributed by atoms with E-state index in [9.17, 15) is 0 Å². The van der Waals surface area contributed by atoms with Crippen molar-refractivity contribution >= 4 is 0 Å². The van der Waals surface area contributed by atoms with Crippen molar-refractivity contribution in [1.82, 2.24) is 4.90 Å². The Labute approximate surface area is 155 Å². The molecule has 2 fully saturated rings. The summed E-state index contributed by atoms with van der Waals surface area (Å²) in [5, 5.41) is 0. The van der Waals surface area contributed by atoms with Crippen molar-refractivity contribution < 1.29 is 14.2 Å². The molecule has 0 N–H and O–H groups in total. The third-order valence-electron chi connectivity index (χ3n) is 5.11. The van der Waals surface area contributed by atoms with Gasteiger partial charge in [0.05, 0.1) is 19.3 Å². The van der Waals surface area contributed by atoms with E-state index in [0.29, 0.717) is 13.2 Å². The van der Waals surface area contributed by atoms with Gasteiger partial charge in [0, 0.05) is 13.1 Å². The summed E-state index contributed by atoms with van der Waals surface area (Å²) in [6.45, 7) is 7.02. The highest BCUT2D eigenvalue weighted by Crippen LogP contribution is 2.37. The minimum atomic E-state index is -0.508. The number of nitrogens with zero attached hydrogens (tertiary/aromatic N) is 1. The molecule has 138 valence electrons. The van der Waals surface area contributed by atoms with E-state index in [0.717, 1.165) is 13.1 Å². The van der Waals surface area contributed by atoms with Crippen LogP contribution in [0.15, 0.2) is 60.7 Å². The summed E-state index contributed by atoms with van der Waals surface area (Å²) in [6.07, 6.45) is 0.170. The first-order chi connectivity index (χ1) is 12.6. The zero-order valence-electron chi connectivity index (χ0n) is 15.5. The van der Waals surface area contributed by atoms with Crippen LogP contribution in [0, 0.1) is 0 Å². The molecule has 2 aromatic carbocycles. The van der Waals surface area contributed by atoms with Crippen LogP contribution in [-0.2, 0) is 27.4 Å². The number of benzene rings is 2. The molecular formula is C22H27NO3. The average molecular weight is 353 g/mol. The van der Waals surface area contributed by atoms with E-state index in [2.05, 4.69) is 47.4 Å². The van der Waals surface area contributed by atoms with Gasteiger partial charge in [0.2, 0.25) is 0 Å². The van der Waals surface area contributed by atoms with Crippen molar-refractivity contribution in [3.8, 4) is 0 Å². The monoisotopic (exact) mass is 353 g/mol. The fourth-order valence-corrected chi connectivity index (χ4v) is 3.98. The van der Waals surface area contributed by atoms with Gasteiger partial charge >= 0.3 is 0 Å². The average Bonchev–Trinajstić information content (AvgIpc) is 3.09. The highest BCUT2D eigenvalue weighted by Gasteiger charge is 2.52. The van der Waals surface area contributed by atoms with Crippen molar-refractivity contribution in [3.05, 3.63) is 71.8 Å². The normalized spacial score (nSPS) is 27.5. The van der Waals surface area contributed by atoms with Gasteiger partial charge in [-0.2, -0.15) is 0 Å². The van der Waals surface area contributed by atoms with Crippen LogP contribution < -0.4 is 0 Å². The molecule has 4 rings (SSSR count). The maximum atomic E-state index is 6.21. The molecule has 0 saturated carbocycles. The summed E-state index contributed by atoms with van der Waals surface area (Å²) in [5.74, 6) is -0.508. The predicted molar refractivity (Wildman–Crippen MR) is 101 cm³/mol. The zero-order chi connectivity index (χ0) is 18.0. The number of likely N-dealkylation sites (tertiary alicyclic amines) is 1. The van der Waals surface area contributed by atoms with E-state index in [1.807, 2.05) is 32.0 Å². The molecule has 2 saturated heterocycles. The first kappa shape index (κ1) is 17.7. The van der Waals surface area contributed by atoms with Crippen molar-refractivity contribution in [2.75, 3.05) is 13.2 Å². The Bertz CT molecular complexity index is 704. The molecule has 0 aliphatic carbocycles. The van der Waals surface area contributed by atoms with Gasteiger partial charge in [-0.15, -0.1) is 0 Å². The van der Waals surface area contributed by atoms with Crippen LogP contribution in [0.25, 0.3) is 0 Å². The van der Waals surface area contributed by atoms with Crippen LogP contribution >= 0.6 is 0 Å². The lowest BCUT2D eigenvalue weighted by Gasteiger charge is -2.29. The van der Waals surface area contributed by atoms with E-state index >= 15 is 0 Å². The predicted octanol–water partition coefficient (Wildman–Crippen LogP) is 3.61. The third-order valence-corrected chi connectivity index (χ3v) is 5.11. The number of ether oxygens (including phenoxy) is 3. The quantitative estimate of drug-likeness (QED) is 0.794. The lowest BCUT2D eigenvalue weighted by atomic mass is 10.1. The van der Waals surface area contributed by atoms with Gasteiger partial charge in [0.25, 0.3) is 0 Å². The maximum Gasteiger partial charge on any atom is 0.163 e. The van der Waals surface area contributed by atoms with Crippen LogP contribution in [-0.4, -0.2) is 42.1 Å². The molecule has 4 nitrogen and oxygen atoms in total. The highest BCUT2D eigenvalue weighted by molar-refractivity contribution is 5.16. The molecule has 0 bridgehead atoms. The minimum Gasteiger partial charge on any atom is -0.375 e. The molecule has 4 heteroatoms. The van der Waals surface area contributed by atoms with Crippen LogP contribution in [0.5, 0.6) is 0 Å². The van der Waals surface area contributed by atoms with E-state index < -0.39 is 5.79 Å². The molecule has 0 unspecified atom stereocenters. The molecule has 2 heterocycles. The number of hydrogen-bond acceptors (Lipinski definition) is 4. The van der Waals surface area contributed by atoms with E-state index in [-0.39, 0.29) is 18.2 Å². The standard InChI is InChI=1S/C22H27NO3/c1-22(2)25-20-14-23(13-17-9-5-3-6-10-17)19(21(20)26-22)16-24-15-18-11-7-4-8-12-18/h3-12,19-21H,13-16H2,1-2H3/t19-,20-,21+/m0/s1. The van der Waals surface area contributed by atoms with Gasteiger partial charge in [-0.25, -0.2) is 0 Å². The van der Waals surface area contributed by atoms with Crippen molar-refractivity contribution in [3.63, 3.8) is 0 Å². The molecule has 3 atom stereocenters. The van der Waals surface area contributed by atoms with Crippen molar-refractivity contribution in [1.29, 1.82) is 0 Å². The molecule has 2 aliphatic heterocycles. The molecular weight excluding hydrogens is 326 g/mol. The number of hydrogen-bond donors (Lipinski definition) is 0. The summed E-state index contributed by atoms with van der Waals surface area (Å²) >= 11 is 0. The Morgan fingerprint density at radius 2 is 1.62 bits per heavy atom. The third kappa shape index (κ3) is 3.99. The van der Waals surface area contributed by atoms with Crippen molar-refractivity contribution in [2.24, 2.45) is 0 Å². The van der Waals surface area contributed by atoms with Crippen LogP contribution in [0.2, 0.25) is 0 Å².